The van der Waals surface area contributed by atoms with E-state index in [1.54, 1.807) is 28.8 Å². The van der Waals surface area contributed by atoms with E-state index < -0.39 is 18.0 Å². The summed E-state index contributed by atoms with van der Waals surface area (Å²) in [5.41, 5.74) is 2.60. The van der Waals surface area contributed by atoms with Gasteiger partial charge in [0.05, 0.1) is 28.8 Å². The minimum Gasteiger partial charge on any atom is -0.453 e. The third kappa shape index (κ3) is 5.24. The second-order valence-electron chi connectivity index (χ2n) is 8.48. The molecule has 0 saturated heterocycles. The van der Waals surface area contributed by atoms with E-state index in [1.165, 1.54) is 11.8 Å². The maximum absolute atomic E-state index is 13.0. The fraction of sp³-hybridized carbons (Fsp3) is 0.346. The van der Waals surface area contributed by atoms with Crippen molar-refractivity contribution in [1.29, 1.82) is 0 Å². The summed E-state index contributed by atoms with van der Waals surface area (Å²) in [4.78, 5) is 56.3. The number of aryl methyl sites for hydroxylation is 2. The summed E-state index contributed by atoms with van der Waals surface area (Å²) in [6, 6.07) is 14.4. The number of hydrogen-bond acceptors (Lipinski definition) is 6. The lowest BCUT2D eigenvalue weighted by molar-refractivity contribution is -0.153. The van der Waals surface area contributed by atoms with E-state index in [-0.39, 0.29) is 36.5 Å². The minimum atomic E-state index is -1.09. The smallest absolute Gasteiger partial charge is 0.306 e. The molecule has 3 aromatic rings. The van der Waals surface area contributed by atoms with Crippen molar-refractivity contribution < 1.29 is 19.1 Å². The third-order valence-electron chi connectivity index (χ3n) is 5.91. The number of nitrogens with zero attached hydrogens (tertiary/aromatic N) is 3. The number of fused-ring (bicyclic) bond motifs is 2. The van der Waals surface area contributed by atoms with Gasteiger partial charge in [0.25, 0.3) is 11.5 Å². The van der Waals surface area contributed by atoms with Crippen molar-refractivity contribution in [3.63, 3.8) is 0 Å². The van der Waals surface area contributed by atoms with Crippen LogP contribution >= 0.6 is 0 Å². The van der Waals surface area contributed by atoms with E-state index in [1.807, 2.05) is 24.3 Å². The molecular formula is C26H28N4O5. The number of esters is 1. The number of unbranched alkanes of at least 4 members (excludes halogenated alkanes) is 1. The van der Waals surface area contributed by atoms with E-state index in [0.717, 1.165) is 18.4 Å². The number of amides is 2. The number of carbonyl (C=O) groups excluding carboxylic acids is 3. The van der Waals surface area contributed by atoms with Crippen LogP contribution in [0.2, 0.25) is 0 Å². The van der Waals surface area contributed by atoms with Crippen molar-refractivity contribution in [3.05, 3.63) is 64.6 Å². The average molecular weight is 477 g/mol. The van der Waals surface area contributed by atoms with Gasteiger partial charge in [-0.15, -0.1) is 0 Å². The SMILES string of the molecule is CCCCn1c(=O)c(CCC(=O)O[C@@H](C)C(=O)N2CC(=O)Nc3ccccc32)nc2ccccc21. The van der Waals surface area contributed by atoms with Crippen molar-refractivity contribution in [2.75, 3.05) is 16.8 Å². The summed E-state index contributed by atoms with van der Waals surface area (Å²) in [5, 5.41) is 2.72. The minimum absolute atomic E-state index is 0.0942. The topological polar surface area (TPSA) is 111 Å². The Kier molecular flexibility index (Phi) is 7.24. The Bertz CT molecular complexity index is 1330. The van der Waals surface area contributed by atoms with Crippen LogP contribution < -0.4 is 15.8 Å². The van der Waals surface area contributed by atoms with Crippen LogP contribution in [0.4, 0.5) is 11.4 Å². The zero-order valence-corrected chi connectivity index (χ0v) is 19.8. The molecule has 2 aromatic carbocycles. The molecule has 1 atom stereocenters. The molecule has 0 saturated carbocycles. The lowest BCUT2D eigenvalue weighted by Crippen LogP contribution is -2.47. The van der Waals surface area contributed by atoms with E-state index in [2.05, 4.69) is 17.2 Å². The molecule has 1 N–H and O–H groups in total. The van der Waals surface area contributed by atoms with Crippen molar-refractivity contribution in [2.45, 2.75) is 52.2 Å². The first-order chi connectivity index (χ1) is 16.9. The number of anilines is 2. The fourth-order valence-corrected chi connectivity index (χ4v) is 4.12. The van der Waals surface area contributed by atoms with Gasteiger partial charge in [-0.2, -0.15) is 0 Å². The molecular weight excluding hydrogens is 448 g/mol. The standard InChI is InChI=1S/C26H28N4O5/c1-3-4-15-29-21-11-7-5-9-18(21)27-20(26(29)34)13-14-24(32)35-17(2)25(33)30-16-23(31)28-19-10-6-8-12-22(19)30/h5-12,17H,3-4,13-16H2,1-2H3,(H,28,31)/t17-/m0/s1. The second-order valence-corrected chi connectivity index (χ2v) is 8.48. The monoisotopic (exact) mass is 476 g/mol. The molecule has 35 heavy (non-hydrogen) atoms. The normalized spacial score (nSPS) is 13.8. The van der Waals surface area contributed by atoms with Gasteiger partial charge in [-0.1, -0.05) is 37.6 Å². The lowest BCUT2D eigenvalue weighted by atomic mass is 10.1. The Morgan fingerprint density at radius 1 is 1.11 bits per heavy atom. The molecule has 1 aromatic heterocycles. The first-order valence-corrected chi connectivity index (χ1v) is 11.8. The van der Waals surface area contributed by atoms with Crippen LogP contribution in [0.5, 0.6) is 0 Å². The Morgan fingerprint density at radius 3 is 2.66 bits per heavy atom. The van der Waals surface area contributed by atoms with Gasteiger partial charge >= 0.3 is 5.97 Å². The largest absolute Gasteiger partial charge is 0.453 e. The van der Waals surface area contributed by atoms with Gasteiger partial charge in [0.15, 0.2) is 6.10 Å². The summed E-state index contributed by atoms with van der Waals surface area (Å²) in [5.74, 6) is -1.43. The predicted molar refractivity (Wildman–Crippen MR) is 132 cm³/mol. The molecule has 0 spiro atoms. The van der Waals surface area contributed by atoms with Crippen LogP contribution in [0.3, 0.4) is 0 Å². The zero-order valence-electron chi connectivity index (χ0n) is 19.8. The van der Waals surface area contributed by atoms with Gasteiger partial charge in [-0.25, -0.2) is 4.98 Å². The van der Waals surface area contributed by atoms with E-state index >= 15 is 0 Å². The first-order valence-electron chi connectivity index (χ1n) is 11.8. The highest BCUT2D eigenvalue weighted by Crippen LogP contribution is 2.29. The number of aromatic nitrogens is 2. The average Bonchev–Trinajstić information content (AvgIpc) is 2.86. The maximum Gasteiger partial charge on any atom is 0.306 e. The van der Waals surface area contributed by atoms with E-state index in [9.17, 15) is 19.2 Å². The quantitative estimate of drug-likeness (QED) is 0.501. The Hall–Kier alpha value is -4.01. The highest BCUT2D eigenvalue weighted by atomic mass is 16.5. The van der Waals surface area contributed by atoms with E-state index in [0.29, 0.717) is 23.4 Å². The number of carbonyl (C=O) groups is 3. The molecule has 4 rings (SSSR count). The molecule has 0 fully saturated rings. The molecule has 2 heterocycles. The summed E-state index contributed by atoms with van der Waals surface area (Å²) >= 11 is 0. The summed E-state index contributed by atoms with van der Waals surface area (Å²) in [6.07, 6.45) is 0.715. The Balaban J connectivity index is 1.44. The Morgan fingerprint density at radius 2 is 1.86 bits per heavy atom. The van der Waals surface area contributed by atoms with Crippen molar-refractivity contribution in [2.24, 2.45) is 0 Å². The van der Waals surface area contributed by atoms with Crippen LogP contribution in [-0.2, 0) is 32.1 Å². The van der Waals surface area contributed by atoms with Gasteiger partial charge in [-0.3, -0.25) is 24.1 Å². The molecule has 1 aliphatic rings. The highest BCUT2D eigenvalue weighted by molar-refractivity contribution is 6.11. The van der Waals surface area contributed by atoms with Gasteiger partial charge in [0.1, 0.15) is 12.2 Å². The Labute approximate surface area is 202 Å². The van der Waals surface area contributed by atoms with Crippen LogP contribution in [0, 0.1) is 0 Å². The van der Waals surface area contributed by atoms with Crippen LogP contribution in [0.1, 0.15) is 38.8 Å². The van der Waals surface area contributed by atoms with Gasteiger partial charge in [0, 0.05) is 13.0 Å². The molecule has 9 heteroatoms. The molecule has 1 aliphatic heterocycles. The zero-order chi connectivity index (χ0) is 24.9. The number of rotatable bonds is 8. The van der Waals surface area contributed by atoms with Crippen LogP contribution in [0.25, 0.3) is 11.0 Å². The number of ether oxygens (including phenoxy) is 1. The first kappa shape index (κ1) is 24.1. The second kappa shape index (κ2) is 10.5. The molecule has 0 bridgehead atoms. The number of para-hydroxylation sites is 4. The summed E-state index contributed by atoms with van der Waals surface area (Å²) in [6.45, 7) is 3.95. The van der Waals surface area contributed by atoms with E-state index in [4.69, 9.17) is 4.74 Å². The molecule has 0 aliphatic carbocycles. The predicted octanol–water partition coefficient (Wildman–Crippen LogP) is 3.05. The molecule has 9 nitrogen and oxygen atoms in total. The van der Waals surface area contributed by atoms with Gasteiger partial charge in [0.2, 0.25) is 5.91 Å². The number of benzene rings is 2. The lowest BCUT2D eigenvalue weighted by Gasteiger charge is -2.30. The maximum atomic E-state index is 13.0. The molecule has 0 unspecified atom stereocenters. The molecule has 2 amide bonds. The van der Waals surface area contributed by atoms with Crippen LogP contribution in [-0.4, -0.2) is 40.0 Å². The summed E-state index contributed by atoms with van der Waals surface area (Å²) in [7, 11) is 0. The number of hydrogen-bond donors (Lipinski definition) is 1. The van der Waals surface area contributed by atoms with Gasteiger partial charge < -0.3 is 14.6 Å². The van der Waals surface area contributed by atoms with Crippen LogP contribution in [0.15, 0.2) is 53.3 Å². The number of nitrogens with one attached hydrogen (secondary N) is 1. The highest BCUT2D eigenvalue weighted by Gasteiger charge is 2.31. The van der Waals surface area contributed by atoms with Crippen molar-refractivity contribution in [1.82, 2.24) is 9.55 Å². The fourth-order valence-electron chi connectivity index (χ4n) is 4.12. The van der Waals surface area contributed by atoms with Gasteiger partial charge in [-0.05, 0) is 37.6 Å². The third-order valence-corrected chi connectivity index (χ3v) is 5.91. The molecule has 182 valence electrons. The van der Waals surface area contributed by atoms with Crippen molar-refractivity contribution >= 4 is 40.2 Å². The molecule has 0 radical (unpaired) electrons. The summed E-state index contributed by atoms with van der Waals surface area (Å²) < 4.78 is 7.07. The van der Waals surface area contributed by atoms with Crippen molar-refractivity contribution in [3.8, 4) is 0 Å².